The zero-order valence-corrected chi connectivity index (χ0v) is 17.5. The number of sulfonamides is 1. The van der Waals surface area contributed by atoms with Gasteiger partial charge in [0.2, 0.25) is 0 Å². The summed E-state index contributed by atoms with van der Waals surface area (Å²) in [6.07, 6.45) is 4.77. The van der Waals surface area contributed by atoms with E-state index in [0.717, 1.165) is 38.5 Å². The molecule has 0 bridgehead atoms. The van der Waals surface area contributed by atoms with Gasteiger partial charge in [-0.2, -0.15) is 0 Å². The fourth-order valence-corrected chi connectivity index (χ4v) is 4.96. The molecular formula is C22H24FN3O3S. The van der Waals surface area contributed by atoms with Gasteiger partial charge in [0.1, 0.15) is 5.82 Å². The second-order valence-corrected chi connectivity index (χ2v) is 9.20. The number of anilines is 1. The van der Waals surface area contributed by atoms with Gasteiger partial charge in [-0.05, 0) is 67.7 Å². The van der Waals surface area contributed by atoms with Crippen LogP contribution in [0.4, 0.5) is 10.1 Å². The van der Waals surface area contributed by atoms with E-state index in [1.807, 2.05) is 12.1 Å². The van der Waals surface area contributed by atoms with Crippen molar-refractivity contribution in [2.75, 3.05) is 24.4 Å². The van der Waals surface area contributed by atoms with Crippen LogP contribution < -0.4 is 4.72 Å². The van der Waals surface area contributed by atoms with Gasteiger partial charge in [-0.1, -0.05) is 19.1 Å². The van der Waals surface area contributed by atoms with E-state index in [9.17, 15) is 12.8 Å². The lowest BCUT2D eigenvalue weighted by Crippen LogP contribution is -2.20. The molecule has 2 aromatic carbocycles. The fraction of sp³-hybridized carbons (Fsp3) is 0.318. The van der Waals surface area contributed by atoms with Crippen LogP contribution in [0, 0.1) is 5.82 Å². The Morgan fingerprint density at radius 3 is 2.73 bits per heavy atom. The standard InChI is InChI=1S/C22H24FN3O3S/c1-2-10-26-11-9-17(14-26)16-3-5-18(6-4-16)25-30(27,28)19-7-8-21(23)20(12-19)22-13-24-15-29-22/h3-8,12-13,15,17,25H,2,9-11,14H2,1H3. The third-order valence-electron chi connectivity index (χ3n) is 5.39. The fourth-order valence-electron chi connectivity index (χ4n) is 3.87. The monoisotopic (exact) mass is 429 g/mol. The zero-order chi connectivity index (χ0) is 21.1. The van der Waals surface area contributed by atoms with Crippen molar-refractivity contribution in [1.29, 1.82) is 0 Å². The minimum Gasteiger partial charge on any atom is -0.443 e. The maximum atomic E-state index is 14.1. The molecule has 0 spiro atoms. The van der Waals surface area contributed by atoms with Crippen molar-refractivity contribution in [3.05, 3.63) is 66.4 Å². The third kappa shape index (κ3) is 4.39. The molecular weight excluding hydrogens is 405 g/mol. The van der Waals surface area contributed by atoms with Gasteiger partial charge >= 0.3 is 0 Å². The van der Waals surface area contributed by atoms with E-state index < -0.39 is 15.8 Å². The van der Waals surface area contributed by atoms with Gasteiger partial charge in [-0.25, -0.2) is 17.8 Å². The van der Waals surface area contributed by atoms with Crippen molar-refractivity contribution in [3.8, 4) is 11.3 Å². The molecule has 1 N–H and O–H groups in total. The van der Waals surface area contributed by atoms with Gasteiger partial charge < -0.3 is 9.32 Å². The molecule has 0 aliphatic carbocycles. The van der Waals surface area contributed by atoms with E-state index in [-0.39, 0.29) is 16.2 Å². The third-order valence-corrected chi connectivity index (χ3v) is 6.77. The first-order valence-electron chi connectivity index (χ1n) is 10.00. The van der Waals surface area contributed by atoms with Gasteiger partial charge in [0.05, 0.1) is 16.7 Å². The van der Waals surface area contributed by atoms with E-state index in [1.54, 1.807) is 12.1 Å². The van der Waals surface area contributed by atoms with Gasteiger partial charge in [0.25, 0.3) is 10.0 Å². The molecule has 0 radical (unpaired) electrons. The summed E-state index contributed by atoms with van der Waals surface area (Å²) in [5, 5.41) is 0. The summed E-state index contributed by atoms with van der Waals surface area (Å²) in [5.41, 5.74) is 1.72. The predicted molar refractivity (Wildman–Crippen MR) is 113 cm³/mol. The molecule has 8 heteroatoms. The van der Waals surface area contributed by atoms with E-state index in [1.165, 1.54) is 30.3 Å². The molecule has 1 fully saturated rings. The molecule has 6 nitrogen and oxygen atoms in total. The van der Waals surface area contributed by atoms with Crippen molar-refractivity contribution < 1.29 is 17.2 Å². The second kappa shape index (κ2) is 8.57. The highest BCUT2D eigenvalue weighted by atomic mass is 32.2. The number of oxazole rings is 1. The summed E-state index contributed by atoms with van der Waals surface area (Å²) in [5.74, 6) is 0.0649. The van der Waals surface area contributed by atoms with Gasteiger partial charge in [-0.15, -0.1) is 0 Å². The Morgan fingerprint density at radius 2 is 2.03 bits per heavy atom. The van der Waals surface area contributed by atoms with Crippen LogP contribution in [0.5, 0.6) is 0 Å². The largest absolute Gasteiger partial charge is 0.443 e. The maximum Gasteiger partial charge on any atom is 0.261 e. The first-order chi connectivity index (χ1) is 14.5. The number of nitrogens with zero attached hydrogens (tertiary/aromatic N) is 2. The Hall–Kier alpha value is -2.71. The lowest BCUT2D eigenvalue weighted by Gasteiger charge is -2.15. The lowest BCUT2D eigenvalue weighted by molar-refractivity contribution is 0.335. The van der Waals surface area contributed by atoms with Gasteiger partial charge in [0.15, 0.2) is 12.2 Å². The maximum absolute atomic E-state index is 14.1. The summed E-state index contributed by atoms with van der Waals surface area (Å²) < 4.78 is 47.4. The topological polar surface area (TPSA) is 75.4 Å². The number of hydrogen-bond acceptors (Lipinski definition) is 5. The smallest absolute Gasteiger partial charge is 0.261 e. The van der Waals surface area contributed by atoms with Gasteiger partial charge in [-0.3, -0.25) is 4.72 Å². The predicted octanol–water partition coefficient (Wildman–Crippen LogP) is 4.48. The molecule has 2 heterocycles. The normalized spacial score (nSPS) is 17.3. The molecule has 1 unspecified atom stereocenters. The van der Waals surface area contributed by atoms with E-state index >= 15 is 0 Å². The average Bonchev–Trinajstić information content (AvgIpc) is 3.41. The Bertz CT molecular complexity index is 1100. The first-order valence-corrected chi connectivity index (χ1v) is 11.5. The number of halogens is 1. The Morgan fingerprint density at radius 1 is 1.23 bits per heavy atom. The van der Waals surface area contributed by atoms with E-state index in [0.29, 0.717) is 11.6 Å². The highest BCUT2D eigenvalue weighted by Gasteiger charge is 2.23. The van der Waals surface area contributed by atoms with Crippen LogP contribution in [0.15, 0.2) is 64.4 Å². The minimum absolute atomic E-state index is 0.0450. The number of hydrogen-bond donors (Lipinski definition) is 1. The Labute approximate surface area is 175 Å². The summed E-state index contributed by atoms with van der Waals surface area (Å²) >= 11 is 0. The van der Waals surface area contributed by atoms with Crippen molar-refractivity contribution in [3.63, 3.8) is 0 Å². The number of rotatable bonds is 7. The highest BCUT2D eigenvalue weighted by molar-refractivity contribution is 7.92. The molecule has 3 aromatic rings. The summed E-state index contributed by atoms with van der Waals surface area (Å²) in [7, 11) is -3.88. The minimum atomic E-state index is -3.88. The van der Waals surface area contributed by atoms with Crippen LogP contribution in [0.3, 0.4) is 0 Å². The van der Waals surface area contributed by atoms with Gasteiger partial charge in [0, 0.05) is 12.2 Å². The number of benzene rings is 2. The van der Waals surface area contributed by atoms with Crippen LogP contribution in [0.25, 0.3) is 11.3 Å². The molecule has 158 valence electrons. The SMILES string of the molecule is CCCN1CCC(c2ccc(NS(=O)(=O)c3ccc(F)c(-c4cnco4)c3)cc2)C1. The molecule has 1 aliphatic rings. The molecule has 0 amide bonds. The van der Waals surface area contributed by atoms with Crippen molar-refractivity contribution in [1.82, 2.24) is 9.88 Å². The molecule has 1 aromatic heterocycles. The highest BCUT2D eigenvalue weighted by Crippen LogP contribution is 2.29. The Balaban J connectivity index is 1.49. The van der Waals surface area contributed by atoms with Crippen molar-refractivity contribution >= 4 is 15.7 Å². The first kappa shape index (κ1) is 20.6. The number of nitrogens with one attached hydrogen (secondary N) is 1. The van der Waals surface area contributed by atoms with Crippen LogP contribution in [0.2, 0.25) is 0 Å². The van der Waals surface area contributed by atoms with E-state index in [2.05, 4.69) is 21.5 Å². The van der Waals surface area contributed by atoms with E-state index in [4.69, 9.17) is 4.42 Å². The quantitative estimate of drug-likeness (QED) is 0.599. The zero-order valence-electron chi connectivity index (χ0n) is 16.7. The summed E-state index contributed by atoms with van der Waals surface area (Å²) in [6, 6.07) is 11.1. The number of likely N-dealkylation sites (tertiary alicyclic amines) is 1. The molecule has 30 heavy (non-hydrogen) atoms. The molecule has 1 aliphatic heterocycles. The summed E-state index contributed by atoms with van der Waals surface area (Å²) in [4.78, 5) is 6.16. The molecule has 1 atom stereocenters. The van der Waals surface area contributed by atoms with Crippen molar-refractivity contribution in [2.24, 2.45) is 0 Å². The number of aromatic nitrogens is 1. The lowest BCUT2D eigenvalue weighted by atomic mass is 9.98. The van der Waals surface area contributed by atoms with Crippen LogP contribution in [-0.2, 0) is 10.0 Å². The summed E-state index contributed by atoms with van der Waals surface area (Å²) in [6.45, 7) is 5.44. The molecule has 1 saturated heterocycles. The second-order valence-electron chi connectivity index (χ2n) is 7.52. The molecule has 0 saturated carbocycles. The van der Waals surface area contributed by atoms with Crippen molar-refractivity contribution in [2.45, 2.75) is 30.6 Å². The van der Waals surface area contributed by atoms with Crippen LogP contribution in [0.1, 0.15) is 31.2 Å². The Kier molecular flexibility index (Phi) is 5.87. The van der Waals surface area contributed by atoms with Crippen LogP contribution >= 0.6 is 0 Å². The van der Waals surface area contributed by atoms with Crippen LogP contribution in [-0.4, -0.2) is 37.9 Å². The average molecular weight is 430 g/mol. The molecule has 4 rings (SSSR count).